The first kappa shape index (κ1) is 11.4. The molecule has 2 heterocycles. The molecule has 0 bridgehead atoms. The smallest absolute Gasteiger partial charge is 0.137 e. The van der Waals surface area contributed by atoms with Gasteiger partial charge in [0.05, 0.1) is 16.8 Å². The van der Waals surface area contributed by atoms with Gasteiger partial charge in [0.1, 0.15) is 5.65 Å². The van der Waals surface area contributed by atoms with Crippen molar-refractivity contribution in [2.75, 3.05) is 6.54 Å². The fourth-order valence-corrected chi connectivity index (χ4v) is 1.68. The fraction of sp³-hybridized carbons (Fsp3) is 0.364. The highest BCUT2D eigenvalue weighted by Gasteiger charge is 2.02. The number of halogens is 1. The minimum Gasteiger partial charge on any atom is -0.392 e. The van der Waals surface area contributed by atoms with Crippen molar-refractivity contribution in [1.82, 2.24) is 14.7 Å². The average Bonchev–Trinajstić information content (AvgIpc) is 2.58. The summed E-state index contributed by atoms with van der Waals surface area (Å²) in [4.78, 5) is 4.41. The van der Waals surface area contributed by atoms with Gasteiger partial charge in [-0.1, -0.05) is 11.6 Å². The molecule has 0 saturated carbocycles. The Morgan fingerprint density at radius 3 is 3.06 bits per heavy atom. The van der Waals surface area contributed by atoms with E-state index in [2.05, 4.69) is 10.3 Å². The summed E-state index contributed by atoms with van der Waals surface area (Å²) in [6.45, 7) is 2.95. The number of aromatic nitrogens is 2. The first-order chi connectivity index (χ1) is 7.65. The molecule has 0 aliphatic heterocycles. The molecule has 16 heavy (non-hydrogen) atoms. The van der Waals surface area contributed by atoms with Crippen LogP contribution in [-0.2, 0) is 6.54 Å². The molecule has 0 unspecified atom stereocenters. The maximum atomic E-state index is 9.10. The molecule has 0 radical (unpaired) electrons. The van der Waals surface area contributed by atoms with Crippen molar-refractivity contribution in [1.29, 1.82) is 0 Å². The van der Waals surface area contributed by atoms with Crippen molar-refractivity contribution in [3.05, 3.63) is 35.2 Å². The quantitative estimate of drug-likeness (QED) is 0.849. The Balaban J connectivity index is 2.08. The predicted octanol–water partition coefficient (Wildman–Crippen LogP) is 1.46. The Morgan fingerprint density at radius 1 is 1.50 bits per heavy atom. The van der Waals surface area contributed by atoms with Gasteiger partial charge in [-0.3, -0.25) is 0 Å². The zero-order chi connectivity index (χ0) is 11.5. The lowest BCUT2D eigenvalue weighted by molar-refractivity contribution is 0.191. The molecule has 1 atom stereocenters. The molecule has 86 valence electrons. The normalized spacial score (nSPS) is 13.2. The van der Waals surface area contributed by atoms with E-state index in [1.807, 2.05) is 28.9 Å². The highest BCUT2D eigenvalue weighted by Crippen LogP contribution is 2.11. The van der Waals surface area contributed by atoms with Gasteiger partial charge < -0.3 is 14.8 Å². The third-order valence-corrected chi connectivity index (χ3v) is 2.43. The van der Waals surface area contributed by atoms with E-state index in [0.29, 0.717) is 18.1 Å². The van der Waals surface area contributed by atoms with Crippen LogP contribution < -0.4 is 5.32 Å². The van der Waals surface area contributed by atoms with Crippen molar-refractivity contribution in [3.63, 3.8) is 0 Å². The van der Waals surface area contributed by atoms with Crippen molar-refractivity contribution < 1.29 is 5.11 Å². The Hall–Kier alpha value is -1.10. The number of pyridine rings is 1. The number of imidazole rings is 1. The second-order valence-electron chi connectivity index (χ2n) is 3.82. The molecule has 2 aromatic rings. The van der Waals surface area contributed by atoms with E-state index in [9.17, 15) is 0 Å². The molecule has 4 nitrogen and oxygen atoms in total. The average molecular weight is 240 g/mol. The number of aliphatic hydroxyl groups excluding tert-OH is 1. The standard InChI is InChI=1S/C11H14ClN3O/c1-8(16)4-13-5-10-7-15-6-9(12)2-3-11(15)14-10/h2-3,6-8,13,16H,4-5H2,1H3/t8-/m0/s1. The lowest BCUT2D eigenvalue weighted by atomic mass is 10.4. The van der Waals surface area contributed by atoms with Crippen LogP contribution in [0, 0.1) is 0 Å². The van der Waals surface area contributed by atoms with Crippen LogP contribution in [0.25, 0.3) is 5.65 Å². The van der Waals surface area contributed by atoms with Gasteiger partial charge in [0, 0.05) is 25.5 Å². The maximum Gasteiger partial charge on any atom is 0.137 e. The Labute approximate surface area is 98.9 Å². The van der Waals surface area contributed by atoms with Gasteiger partial charge in [-0.15, -0.1) is 0 Å². The zero-order valence-corrected chi connectivity index (χ0v) is 9.78. The molecule has 0 spiro atoms. The molecular weight excluding hydrogens is 226 g/mol. The minimum absolute atomic E-state index is 0.341. The van der Waals surface area contributed by atoms with Crippen LogP contribution in [0.15, 0.2) is 24.5 Å². The molecule has 0 amide bonds. The Kier molecular flexibility index (Phi) is 3.43. The van der Waals surface area contributed by atoms with Gasteiger partial charge in [0.2, 0.25) is 0 Å². The lowest BCUT2D eigenvalue weighted by Crippen LogP contribution is -2.23. The second-order valence-corrected chi connectivity index (χ2v) is 4.26. The third kappa shape index (κ3) is 2.72. The predicted molar refractivity (Wildman–Crippen MR) is 63.6 cm³/mol. The first-order valence-electron chi connectivity index (χ1n) is 5.17. The number of rotatable bonds is 4. The largest absolute Gasteiger partial charge is 0.392 e. The highest BCUT2D eigenvalue weighted by atomic mass is 35.5. The van der Waals surface area contributed by atoms with Crippen LogP contribution in [0.4, 0.5) is 0 Å². The third-order valence-electron chi connectivity index (χ3n) is 2.21. The summed E-state index contributed by atoms with van der Waals surface area (Å²) in [6.07, 6.45) is 3.41. The van der Waals surface area contributed by atoms with Crippen LogP contribution in [-0.4, -0.2) is 27.1 Å². The summed E-state index contributed by atoms with van der Waals surface area (Å²) >= 11 is 5.88. The maximum absolute atomic E-state index is 9.10. The number of hydrogen-bond donors (Lipinski definition) is 2. The molecule has 5 heteroatoms. The van der Waals surface area contributed by atoms with Crippen LogP contribution in [0.5, 0.6) is 0 Å². The van der Waals surface area contributed by atoms with E-state index in [-0.39, 0.29) is 6.10 Å². The van der Waals surface area contributed by atoms with Crippen LogP contribution in [0.1, 0.15) is 12.6 Å². The Bertz CT molecular complexity index is 481. The number of fused-ring (bicyclic) bond motifs is 1. The fourth-order valence-electron chi connectivity index (χ4n) is 1.51. The first-order valence-corrected chi connectivity index (χ1v) is 5.55. The molecule has 0 aliphatic carbocycles. The van der Waals surface area contributed by atoms with Crippen molar-refractivity contribution in [3.8, 4) is 0 Å². The molecule has 0 aromatic carbocycles. The van der Waals surface area contributed by atoms with E-state index >= 15 is 0 Å². The van der Waals surface area contributed by atoms with E-state index in [1.54, 1.807) is 6.92 Å². The van der Waals surface area contributed by atoms with Crippen LogP contribution in [0.3, 0.4) is 0 Å². The molecule has 2 rings (SSSR count). The summed E-state index contributed by atoms with van der Waals surface area (Å²) in [5.41, 5.74) is 1.81. The number of aliphatic hydroxyl groups is 1. The minimum atomic E-state index is -0.341. The number of nitrogens with zero attached hydrogens (tertiary/aromatic N) is 2. The van der Waals surface area contributed by atoms with E-state index < -0.39 is 0 Å². The highest BCUT2D eigenvalue weighted by molar-refractivity contribution is 6.30. The van der Waals surface area contributed by atoms with Gasteiger partial charge in [0.15, 0.2) is 0 Å². The summed E-state index contributed by atoms with van der Waals surface area (Å²) in [7, 11) is 0. The lowest BCUT2D eigenvalue weighted by Gasteiger charge is -2.03. The molecular formula is C11H14ClN3O. The SMILES string of the molecule is C[C@H](O)CNCc1cn2cc(Cl)ccc2n1. The number of hydrogen-bond acceptors (Lipinski definition) is 3. The molecule has 2 aromatic heterocycles. The molecule has 2 N–H and O–H groups in total. The van der Waals surface area contributed by atoms with Crippen LogP contribution >= 0.6 is 11.6 Å². The number of nitrogens with one attached hydrogen (secondary N) is 1. The summed E-state index contributed by atoms with van der Waals surface area (Å²) in [5.74, 6) is 0. The molecule has 0 aliphatic rings. The van der Waals surface area contributed by atoms with Gasteiger partial charge in [0.25, 0.3) is 0 Å². The molecule has 0 saturated heterocycles. The monoisotopic (exact) mass is 239 g/mol. The van der Waals surface area contributed by atoms with Crippen molar-refractivity contribution >= 4 is 17.2 Å². The summed E-state index contributed by atoms with van der Waals surface area (Å²) in [5, 5.41) is 12.9. The van der Waals surface area contributed by atoms with Crippen molar-refractivity contribution in [2.45, 2.75) is 19.6 Å². The van der Waals surface area contributed by atoms with Crippen LogP contribution in [0.2, 0.25) is 5.02 Å². The Morgan fingerprint density at radius 2 is 2.31 bits per heavy atom. The van der Waals surface area contributed by atoms with Gasteiger partial charge in [-0.05, 0) is 19.1 Å². The molecule has 0 fully saturated rings. The van der Waals surface area contributed by atoms with Gasteiger partial charge in [-0.2, -0.15) is 0 Å². The summed E-state index contributed by atoms with van der Waals surface area (Å²) in [6, 6.07) is 3.69. The van der Waals surface area contributed by atoms with E-state index in [1.165, 1.54) is 0 Å². The summed E-state index contributed by atoms with van der Waals surface area (Å²) < 4.78 is 1.89. The van der Waals surface area contributed by atoms with Crippen molar-refractivity contribution in [2.24, 2.45) is 0 Å². The topological polar surface area (TPSA) is 49.6 Å². The van der Waals surface area contributed by atoms with E-state index in [0.717, 1.165) is 11.3 Å². The van der Waals surface area contributed by atoms with E-state index in [4.69, 9.17) is 16.7 Å². The second kappa shape index (κ2) is 4.82. The van der Waals surface area contributed by atoms with Gasteiger partial charge >= 0.3 is 0 Å². The zero-order valence-electron chi connectivity index (χ0n) is 9.02. The van der Waals surface area contributed by atoms with Gasteiger partial charge in [-0.25, -0.2) is 4.98 Å².